The van der Waals surface area contributed by atoms with Crippen LogP contribution >= 0.6 is 0 Å². The first-order valence-electron chi connectivity index (χ1n) is 8.14. The van der Waals surface area contributed by atoms with Crippen LogP contribution in [0.25, 0.3) is 0 Å². The Morgan fingerprint density at radius 3 is 2.52 bits per heavy atom. The minimum Gasteiger partial charge on any atom is -0.404 e. The van der Waals surface area contributed by atoms with E-state index in [1.165, 1.54) is 11.0 Å². The Labute approximate surface area is 153 Å². The van der Waals surface area contributed by atoms with Gasteiger partial charge in [-0.3, -0.25) is 9.59 Å². The highest BCUT2D eigenvalue weighted by molar-refractivity contribution is 6.04. The van der Waals surface area contributed by atoms with Crippen molar-refractivity contribution in [1.82, 2.24) is 9.88 Å². The van der Waals surface area contributed by atoms with Crippen LogP contribution < -0.4 is 4.74 Å². The number of nitrogens with zero attached hydrogens (tertiary/aromatic N) is 3. The molecule has 0 aromatic carbocycles. The number of carbonyl (C=O) groups excluding carboxylic acids is 2. The lowest BCUT2D eigenvalue weighted by atomic mass is 9.61. The van der Waals surface area contributed by atoms with Gasteiger partial charge in [0.1, 0.15) is 17.5 Å². The largest absolute Gasteiger partial charge is 0.573 e. The average Bonchev–Trinajstić information content (AvgIpc) is 2.53. The van der Waals surface area contributed by atoms with Crippen LogP contribution in [0, 0.1) is 22.2 Å². The number of halogens is 3. The fraction of sp³-hybridized carbons (Fsp3) is 0.444. The summed E-state index contributed by atoms with van der Waals surface area (Å²) in [7, 11) is 0. The number of carbonyl (C=O) groups is 2. The maximum Gasteiger partial charge on any atom is 0.573 e. The smallest absolute Gasteiger partial charge is 0.404 e. The summed E-state index contributed by atoms with van der Waals surface area (Å²) in [6.45, 7) is 4.17. The van der Waals surface area contributed by atoms with Gasteiger partial charge in [-0.1, -0.05) is 19.9 Å². The number of aromatic nitrogens is 1. The summed E-state index contributed by atoms with van der Waals surface area (Å²) in [4.78, 5) is 29.9. The molecular weight excluding hydrogens is 363 g/mol. The molecule has 27 heavy (non-hydrogen) atoms. The lowest BCUT2D eigenvalue weighted by Crippen LogP contribution is -2.61. The van der Waals surface area contributed by atoms with Crippen molar-refractivity contribution in [2.24, 2.45) is 10.8 Å². The van der Waals surface area contributed by atoms with E-state index >= 15 is 0 Å². The van der Waals surface area contributed by atoms with Gasteiger partial charge in [-0.05, 0) is 18.6 Å². The molecule has 1 aliphatic heterocycles. The van der Waals surface area contributed by atoms with E-state index < -0.39 is 28.8 Å². The van der Waals surface area contributed by atoms with E-state index in [1.54, 1.807) is 19.9 Å². The van der Waals surface area contributed by atoms with Crippen LogP contribution in [0.15, 0.2) is 30.0 Å². The summed E-state index contributed by atoms with van der Waals surface area (Å²) >= 11 is 0. The van der Waals surface area contributed by atoms with Crippen LogP contribution in [0.1, 0.15) is 30.8 Å². The standard InChI is InChI=1S/C18H16F3N3O3/c1-16(2)8-17(5-11(6-22)14(16)25)9-24(10-17)15(26)13-4-3-12(7-23-13)27-18(19,20)21/h3-5,7H,8-10H2,1-2H3. The topological polar surface area (TPSA) is 83.3 Å². The van der Waals surface area contributed by atoms with Crippen molar-refractivity contribution < 1.29 is 27.5 Å². The van der Waals surface area contributed by atoms with Crippen LogP contribution in [0.4, 0.5) is 13.2 Å². The van der Waals surface area contributed by atoms with E-state index in [2.05, 4.69) is 9.72 Å². The van der Waals surface area contributed by atoms with Gasteiger partial charge in [0, 0.05) is 23.9 Å². The third-order valence-electron chi connectivity index (χ3n) is 4.71. The molecule has 0 unspecified atom stereocenters. The molecule has 9 heteroatoms. The van der Waals surface area contributed by atoms with Crippen LogP contribution in [0.2, 0.25) is 0 Å². The Bertz CT molecular complexity index is 861. The minimum absolute atomic E-state index is 0.00462. The Hall–Kier alpha value is -2.89. The van der Waals surface area contributed by atoms with Crippen LogP contribution in [-0.2, 0) is 4.79 Å². The summed E-state index contributed by atoms with van der Waals surface area (Å²) in [5.41, 5.74) is -1.04. The Kier molecular flexibility index (Phi) is 4.25. The van der Waals surface area contributed by atoms with Crippen molar-refractivity contribution in [2.45, 2.75) is 26.6 Å². The van der Waals surface area contributed by atoms with Gasteiger partial charge in [0.05, 0.1) is 11.8 Å². The number of likely N-dealkylation sites (tertiary alicyclic amines) is 1. The van der Waals surface area contributed by atoms with E-state index in [0.717, 1.165) is 12.3 Å². The second-order valence-corrected chi connectivity index (χ2v) is 7.51. The zero-order valence-electron chi connectivity index (χ0n) is 14.6. The number of pyridine rings is 1. The van der Waals surface area contributed by atoms with Crippen LogP contribution in [0.5, 0.6) is 5.75 Å². The number of ether oxygens (including phenoxy) is 1. The first kappa shape index (κ1) is 18.9. The molecule has 1 fully saturated rings. The molecule has 1 amide bonds. The van der Waals surface area contributed by atoms with Crippen molar-refractivity contribution >= 4 is 11.7 Å². The minimum atomic E-state index is -4.83. The number of ketones is 1. The molecule has 0 radical (unpaired) electrons. The number of nitriles is 1. The van der Waals surface area contributed by atoms with Crippen molar-refractivity contribution in [3.8, 4) is 11.8 Å². The monoisotopic (exact) mass is 379 g/mol. The van der Waals surface area contributed by atoms with E-state index in [4.69, 9.17) is 0 Å². The summed E-state index contributed by atoms with van der Waals surface area (Å²) in [6.07, 6.45) is -1.84. The normalized spacial score (nSPS) is 20.5. The molecule has 0 N–H and O–H groups in total. The number of amides is 1. The Morgan fingerprint density at radius 2 is 2.00 bits per heavy atom. The fourth-order valence-corrected chi connectivity index (χ4v) is 3.75. The van der Waals surface area contributed by atoms with Gasteiger partial charge in [-0.2, -0.15) is 5.26 Å². The van der Waals surface area contributed by atoms with Crippen LogP contribution in [-0.4, -0.2) is 41.0 Å². The van der Waals surface area contributed by atoms with E-state index in [1.807, 2.05) is 6.07 Å². The SMILES string of the molecule is CC1(C)CC2(C=C(C#N)C1=O)CN(C(=O)c1ccc(OC(F)(F)F)cn1)C2. The number of alkyl halides is 3. The van der Waals surface area contributed by atoms with Gasteiger partial charge < -0.3 is 9.64 Å². The summed E-state index contributed by atoms with van der Waals surface area (Å²) in [5, 5.41) is 9.18. The molecule has 1 spiro atoms. The second kappa shape index (κ2) is 6.08. The summed E-state index contributed by atoms with van der Waals surface area (Å²) in [6, 6.07) is 4.12. The van der Waals surface area contributed by atoms with Gasteiger partial charge in [0.2, 0.25) is 0 Å². The molecule has 6 nitrogen and oxygen atoms in total. The first-order chi connectivity index (χ1) is 12.4. The molecular formula is C18H16F3N3O3. The molecule has 1 aliphatic carbocycles. The molecule has 2 aliphatic rings. The number of allylic oxidation sites excluding steroid dienone is 1. The maximum absolute atomic E-state index is 12.5. The molecule has 0 saturated carbocycles. The number of hydrogen-bond donors (Lipinski definition) is 0. The van der Waals surface area contributed by atoms with E-state index in [0.29, 0.717) is 19.5 Å². The quantitative estimate of drug-likeness (QED) is 0.789. The number of Topliss-reactive ketones (excluding diaryl/α,β-unsaturated/α-hetero) is 1. The molecule has 1 saturated heterocycles. The van der Waals surface area contributed by atoms with Gasteiger partial charge >= 0.3 is 6.36 Å². The van der Waals surface area contributed by atoms with Crippen molar-refractivity contribution in [3.63, 3.8) is 0 Å². The summed E-state index contributed by atoms with van der Waals surface area (Å²) < 4.78 is 40.2. The Balaban J connectivity index is 1.71. The second-order valence-electron chi connectivity index (χ2n) is 7.51. The van der Waals surface area contributed by atoms with Gasteiger partial charge in [-0.25, -0.2) is 4.98 Å². The number of hydrogen-bond acceptors (Lipinski definition) is 5. The molecule has 0 bridgehead atoms. The lowest BCUT2D eigenvalue weighted by Gasteiger charge is -2.53. The average molecular weight is 379 g/mol. The third-order valence-corrected chi connectivity index (χ3v) is 4.71. The zero-order valence-corrected chi connectivity index (χ0v) is 14.6. The molecule has 0 atom stereocenters. The molecule has 1 aromatic heterocycles. The van der Waals surface area contributed by atoms with Crippen molar-refractivity contribution in [2.75, 3.05) is 13.1 Å². The highest BCUT2D eigenvalue weighted by Gasteiger charge is 2.52. The lowest BCUT2D eigenvalue weighted by molar-refractivity contribution is -0.274. The van der Waals surface area contributed by atoms with Crippen molar-refractivity contribution in [1.29, 1.82) is 5.26 Å². The van der Waals surface area contributed by atoms with E-state index in [-0.39, 0.29) is 17.1 Å². The highest BCUT2D eigenvalue weighted by atomic mass is 19.4. The third kappa shape index (κ3) is 3.65. The fourth-order valence-electron chi connectivity index (χ4n) is 3.75. The van der Waals surface area contributed by atoms with Gasteiger partial charge in [-0.15, -0.1) is 13.2 Å². The molecule has 3 rings (SSSR count). The summed E-state index contributed by atoms with van der Waals surface area (Å²) in [5.74, 6) is -1.14. The van der Waals surface area contributed by atoms with Crippen LogP contribution in [0.3, 0.4) is 0 Å². The van der Waals surface area contributed by atoms with E-state index in [9.17, 15) is 28.0 Å². The van der Waals surface area contributed by atoms with Gasteiger partial charge in [0.15, 0.2) is 5.78 Å². The molecule has 2 heterocycles. The maximum atomic E-state index is 12.5. The predicted molar refractivity (Wildman–Crippen MR) is 86.4 cm³/mol. The molecule has 142 valence electrons. The van der Waals surface area contributed by atoms with Gasteiger partial charge in [0.25, 0.3) is 5.91 Å². The van der Waals surface area contributed by atoms with Crippen molar-refractivity contribution in [3.05, 3.63) is 35.7 Å². The first-order valence-corrected chi connectivity index (χ1v) is 8.14. The Morgan fingerprint density at radius 1 is 1.33 bits per heavy atom. The number of rotatable bonds is 2. The highest BCUT2D eigenvalue weighted by Crippen LogP contribution is 2.48. The predicted octanol–water partition coefficient (Wildman–Crippen LogP) is 2.87. The molecule has 1 aromatic rings. The zero-order chi connectivity index (χ0) is 20.0.